The van der Waals surface area contributed by atoms with Crippen LogP contribution in [0.4, 0.5) is 0 Å². The second-order valence-electron chi connectivity index (χ2n) is 5.07. The summed E-state index contributed by atoms with van der Waals surface area (Å²) in [5.41, 5.74) is 0. The number of carbonyl (C=O) groups is 1. The average molecular weight is 210 g/mol. The minimum atomic E-state index is 0.0610. The quantitative estimate of drug-likeness (QED) is 0.671. The highest BCUT2D eigenvalue weighted by Gasteiger charge is 2.28. The van der Waals surface area contributed by atoms with E-state index in [2.05, 4.69) is 17.6 Å². The Morgan fingerprint density at radius 3 is 2.80 bits per heavy atom. The average Bonchev–Trinajstić information content (AvgIpc) is 2.94. The third-order valence-corrected chi connectivity index (χ3v) is 3.60. The van der Waals surface area contributed by atoms with Crippen molar-refractivity contribution in [3.63, 3.8) is 0 Å². The molecule has 15 heavy (non-hydrogen) atoms. The summed E-state index contributed by atoms with van der Waals surface area (Å²) in [4.78, 5) is 11.7. The summed E-state index contributed by atoms with van der Waals surface area (Å²) in [6.45, 7) is 4.00. The van der Waals surface area contributed by atoms with Crippen LogP contribution in [0.3, 0.4) is 0 Å². The topological polar surface area (TPSA) is 41.1 Å². The summed E-state index contributed by atoms with van der Waals surface area (Å²) >= 11 is 0. The second kappa shape index (κ2) is 4.97. The molecule has 2 fully saturated rings. The van der Waals surface area contributed by atoms with Crippen LogP contribution in [-0.2, 0) is 4.79 Å². The molecule has 0 aromatic heterocycles. The Labute approximate surface area is 92.0 Å². The van der Waals surface area contributed by atoms with Crippen LogP contribution in [0.15, 0.2) is 0 Å². The fourth-order valence-electron chi connectivity index (χ4n) is 2.30. The third kappa shape index (κ3) is 3.20. The molecular weight excluding hydrogens is 188 g/mol. The first-order valence-corrected chi connectivity index (χ1v) is 6.28. The highest BCUT2D eigenvalue weighted by Crippen LogP contribution is 2.33. The second-order valence-corrected chi connectivity index (χ2v) is 5.07. The number of rotatable bonds is 5. The van der Waals surface area contributed by atoms with Gasteiger partial charge in [-0.15, -0.1) is 0 Å². The molecule has 2 N–H and O–H groups in total. The minimum absolute atomic E-state index is 0.0610. The molecule has 2 aliphatic rings. The zero-order chi connectivity index (χ0) is 10.7. The van der Waals surface area contributed by atoms with Crippen LogP contribution in [0.1, 0.15) is 39.0 Å². The predicted molar refractivity (Wildman–Crippen MR) is 60.5 cm³/mol. The summed E-state index contributed by atoms with van der Waals surface area (Å²) in [6.07, 6.45) is 6.40. The molecule has 1 saturated heterocycles. The molecule has 1 aliphatic heterocycles. The minimum Gasteiger partial charge on any atom is -0.355 e. The van der Waals surface area contributed by atoms with Crippen LogP contribution in [0.5, 0.6) is 0 Å². The van der Waals surface area contributed by atoms with Gasteiger partial charge in [-0.05, 0) is 37.6 Å². The van der Waals surface area contributed by atoms with Crippen LogP contribution in [-0.4, -0.2) is 25.0 Å². The van der Waals surface area contributed by atoms with Crippen molar-refractivity contribution in [3.05, 3.63) is 0 Å². The van der Waals surface area contributed by atoms with E-state index < -0.39 is 0 Å². The van der Waals surface area contributed by atoms with Gasteiger partial charge in [0.1, 0.15) is 0 Å². The van der Waals surface area contributed by atoms with Crippen LogP contribution in [0, 0.1) is 11.8 Å². The van der Waals surface area contributed by atoms with E-state index in [-0.39, 0.29) is 11.9 Å². The van der Waals surface area contributed by atoms with Crippen LogP contribution in [0.25, 0.3) is 0 Å². The molecule has 0 radical (unpaired) electrons. The summed E-state index contributed by atoms with van der Waals surface area (Å²) in [7, 11) is 0. The van der Waals surface area contributed by atoms with Crippen LogP contribution < -0.4 is 10.6 Å². The van der Waals surface area contributed by atoms with Gasteiger partial charge < -0.3 is 10.6 Å². The molecule has 0 spiro atoms. The van der Waals surface area contributed by atoms with E-state index in [0.29, 0.717) is 5.92 Å². The van der Waals surface area contributed by atoms with Gasteiger partial charge in [0, 0.05) is 6.54 Å². The van der Waals surface area contributed by atoms with Crippen LogP contribution >= 0.6 is 0 Å². The summed E-state index contributed by atoms with van der Waals surface area (Å²) in [5.74, 6) is 1.68. The number of carbonyl (C=O) groups excluding carboxylic acids is 1. The Bertz CT molecular complexity index is 226. The molecular formula is C12H22N2O. The number of amides is 1. The standard InChI is InChI=1S/C12H22N2O/c1-9-6-8-13-11(9)12(15)14-7-2-3-10-4-5-10/h9-11,13H,2-8H2,1H3,(H,14,15). The molecule has 1 aliphatic carbocycles. The van der Waals surface area contributed by atoms with E-state index in [4.69, 9.17) is 0 Å². The molecule has 1 saturated carbocycles. The maximum absolute atomic E-state index is 11.7. The van der Waals surface area contributed by atoms with Crippen LogP contribution in [0.2, 0.25) is 0 Å². The monoisotopic (exact) mass is 210 g/mol. The fraction of sp³-hybridized carbons (Fsp3) is 0.917. The van der Waals surface area contributed by atoms with E-state index in [1.54, 1.807) is 0 Å². The van der Waals surface area contributed by atoms with Gasteiger partial charge in [0.05, 0.1) is 6.04 Å². The Balaban J connectivity index is 1.58. The van der Waals surface area contributed by atoms with E-state index in [9.17, 15) is 4.79 Å². The number of hydrogen-bond acceptors (Lipinski definition) is 2. The van der Waals surface area contributed by atoms with Crippen molar-refractivity contribution in [1.82, 2.24) is 10.6 Å². The predicted octanol–water partition coefficient (Wildman–Crippen LogP) is 1.29. The molecule has 1 heterocycles. The Kier molecular flexibility index (Phi) is 3.62. The molecule has 2 rings (SSSR count). The molecule has 2 unspecified atom stereocenters. The lowest BCUT2D eigenvalue weighted by molar-refractivity contribution is -0.123. The summed E-state index contributed by atoms with van der Waals surface area (Å²) < 4.78 is 0. The Morgan fingerprint density at radius 2 is 2.20 bits per heavy atom. The number of hydrogen-bond donors (Lipinski definition) is 2. The molecule has 86 valence electrons. The van der Waals surface area contributed by atoms with Gasteiger partial charge in [0.2, 0.25) is 5.91 Å². The van der Waals surface area contributed by atoms with Crippen molar-refractivity contribution < 1.29 is 4.79 Å². The van der Waals surface area contributed by atoms with Crippen molar-refractivity contribution in [3.8, 4) is 0 Å². The molecule has 0 bridgehead atoms. The zero-order valence-corrected chi connectivity index (χ0v) is 9.59. The molecule has 1 amide bonds. The highest BCUT2D eigenvalue weighted by atomic mass is 16.2. The molecule has 0 aromatic rings. The first kappa shape index (κ1) is 10.9. The fourth-order valence-corrected chi connectivity index (χ4v) is 2.30. The largest absolute Gasteiger partial charge is 0.355 e. The van der Waals surface area contributed by atoms with E-state index in [1.807, 2.05) is 0 Å². The van der Waals surface area contributed by atoms with Gasteiger partial charge in [0.25, 0.3) is 0 Å². The third-order valence-electron chi connectivity index (χ3n) is 3.60. The van der Waals surface area contributed by atoms with Gasteiger partial charge in [-0.3, -0.25) is 4.79 Å². The van der Waals surface area contributed by atoms with Crippen molar-refractivity contribution in [2.24, 2.45) is 11.8 Å². The van der Waals surface area contributed by atoms with Crippen molar-refractivity contribution in [2.75, 3.05) is 13.1 Å². The number of nitrogens with one attached hydrogen (secondary N) is 2. The van der Waals surface area contributed by atoms with E-state index in [1.165, 1.54) is 19.3 Å². The van der Waals surface area contributed by atoms with Crippen molar-refractivity contribution in [2.45, 2.75) is 45.1 Å². The smallest absolute Gasteiger partial charge is 0.237 e. The normalized spacial score (nSPS) is 30.5. The van der Waals surface area contributed by atoms with Crippen molar-refractivity contribution in [1.29, 1.82) is 0 Å². The Hall–Kier alpha value is -0.570. The van der Waals surface area contributed by atoms with Gasteiger partial charge in [0.15, 0.2) is 0 Å². The van der Waals surface area contributed by atoms with Gasteiger partial charge in [-0.2, -0.15) is 0 Å². The Morgan fingerprint density at radius 1 is 1.40 bits per heavy atom. The lowest BCUT2D eigenvalue weighted by Gasteiger charge is -2.15. The summed E-state index contributed by atoms with van der Waals surface area (Å²) in [5, 5.41) is 6.29. The van der Waals surface area contributed by atoms with Gasteiger partial charge >= 0.3 is 0 Å². The van der Waals surface area contributed by atoms with Gasteiger partial charge in [-0.1, -0.05) is 19.8 Å². The van der Waals surface area contributed by atoms with Crippen molar-refractivity contribution >= 4 is 5.91 Å². The first-order chi connectivity index (χ1) is 7.27. The lowest BCUT2D eigenvalue weighted by atomic mass is 10.0. The van der Waals surface area contributed by atoms with Gasteiger partial charge in [-0.25, -0.2) is 0 Å². The summed E-state index contributed by atoms with van der Waals surface area (Å²) in [6, 6.07) is 0.0610. The van der Waals surface area contributed by atoms with E-state index in [0.717, 1.165) is 31.8 Å². The molecule has 3 heteroatoms. The zero-order valence-electron chi connectivity index (χ0n) is 9.59. The highest BCUT2D eigenvalue weighted by molar-refractivity contribution is 5.82. The maximum Gasteiger partial charge on any atom is 0.237 e. The molecule has 2 atom stereocenters. The lowest BCUT2D eigenvalue weighted by Crippen LogP contribution is -2.43. The molecule has 3 nitrogen and oxygen atoms in total. The SMILES string of the molecule is CC1CCNC1C(=O)NCCCC1CC1. The molecule has 0 aromatic carbocycles. The van der Waals surface area contributed by atoms with E-state index >= 15 is 0 Å². The first-order valence-electron chi connectivity index (χ1n) is 6.28. The maximum atomic E-state index is 11.7.